The van der Waals surface area contributed by atoms with Crippen LogP contribution >= 0.6 is 24.0 Å². The number of esters is 1. The summed E-state index contributed by atoms with van der Waals surface area (Å²) < 4.78 is 11.2. The van der Waals surface area contributed by atoms with Crippen molar-refractivity contribution in [1.29, 1.82) is 0 Å². The summed E-state index contributed by atoms with van der Waals surface area (Å²) >= 11 is 6.56. The Labute approximate surface area is 112 Å². The molecular weight excluding hydrogens is 256 g/mol. The predicted molar refractivity (Wildman–Crippen MR) is 74.1 cm³/mol. The average molecular weight is 274 g/mol. The molecule has 1 unspecified atom stereocenters. The molecule has 0 radical (unpaired) electrons. The van der Waals surface area contributed by atoms with E-state index in [1.165, 1.54) is 11.8 Å². The highest BCUT2D eigenvalue weighted by molar-refractivity contribution is 8.23. The number of carbonyl (C=O) groups is 1. The number of thiocarbonyl (C=S) groups is 1. The second-order valence-corrected chi connectivity index (χ2v) is 6.97. The van der Waals surface area contributed by atoms with Crippen molar-refractivity contribution >= 4 is 34.3 Å². The molecule has 0 aromatic heterocycles. The van der Waals surface area contributed by atoms with E-state index < -0.39 is 5.60 Å². The Morgan fingerprint density at radius 2 is 2.12 bits per heavy atom. The summed E-state index contributed by atoms with van der Waals surface area (Å²) in [5, 5.41) is 0. The van der Waals surface area contributed by atoms with Crippen molar-refractivity contribution in [2.45, 2.75) is 45.0 Å². The van der Waals surface area contributed by atoms with Gasteiger partial charge in [-0.3, -0.25) is 0 Å². The van der Waals surface area contributed by atoms with Crippen molar-refractivity contribution in [3.05, 3.63) is 11.6 Å². The maximum Gasteiger partial charge on any atom is 0.333 e. The van der Waals surface area contributed by atoms with Crippen molar-refractivity contribution in [1.82, 2.24) is 0 Å². The number of thioether (sulfide) groups is 1. The Morgan fingerprint density at radius 3 is 2.53 bits per heavy atom. The number of hydrogen-bond donors (Lipinski definition) is 0. The lowest BCUT2D eigenvalue weighted by molar-refractivity contribution is -0.145. The highest BCUT2D eigenvalue weighted by Crippen LogP contribution is 2.46. The molecule has 1 fully saturated rings. The average Bonchev–Trinajstić information content (AvgIpc) is 2.43. The van der Waals surface area contributed by atoms with Crippen molar-refractivity contribution in [2.24, 2.45) is 0 Å². The topological polar surface area (TPSA) is 35.5 Å². The van der Waals surface area contributed by atoms with Gasteiger partial charge < -0.3 is 9.47 Å². The van der Waals surface area contributed by atoms with E-state index in [0.29, 0.717) is 9.96 Å². The Balaban J connectivity index is 2.69. The van der Waals surface area contributed by atoms with Gasteiger partial charge in [-0.1, -0.05) is 17.8 Å². The Hall–Kier alpha value is -0.550. The molecule has 0 saturated carbocycles. The molecule has 1 aliphatic heterocycles. The third kappa shape index (κ3) is 3.01. The molecule has 0 amide bonds. The first-order chi connectivity index (χ1) is 7.72. The normalized spacial score (nSPS) is 27.8. The minimum absolute atomic E-state index is 0.200. The molecule has 1 heterocycles. The van der Waals surface area contributed by atoms with Gasteiger partial charge in [-0.25, -0.2) is 4.79 Å². The van der Waals surface area contributed by atoms with Gasteiger partial charge in [0.1, 0.15) is 6.61 Å². The lowest BCUT2D eigenvalue weighted by Crippen LogP contribution is -2.47. The zero-order valence-corrected chi connectivity index (χ0v) is 12.5. The molecule has 1 rings (SSSR count). The van der Waals surface area contributed by atoms with E-state index in [2.05, 4.69) is 0 Å². The fourth-order valence-electron chi connectivity index (χ4n) is 1.28. The van der Waals surface area contributed by atoms with Crippen LogP contribution in [-0.2, 0) is 14.3 Å². The second kappa shape index (κ2) is 4.98. The van der Waals surface area contributed by atoms with E-state index in [1.54, 1.807) is 19.9 Å². The van der Waals surface area contributed by atoms with Crippen LogP contribution in [0.25, 0.3) is 0 Å². The molecule has 3 nitrogen and oxygen atoms in total. The predicted octanol–water partition coefficient (Wildman–Crippen LogP) is 3.08. The van der Waals surface area contributed by atoms with Gasteiger partial charge in [-0.2, -0.15) is 0 Å². The molecule has 0 bridgehead atoms. The molecular formula is C12H18O3S2. The molecule has 17 heavy (non-hydrogen) atoms. The highest BCUT2D eigenvalue weighted by atomic mass is 32.2. The van der Waals surface area contributed by atoms with Crippen LogP contribution in [0.3, 0.4) is 0 Å². The van der Waals surface area contributed by atoms with Gasteiger partial charge in [-0.05, 0) is 46.8 Å². The van der Waals surface area contributed by atoms with Crippen LogP contribution in [0.5, 0.6) is 0 Å². The van der Waals surface area contributed by atoms with Crippen LogP contribution in [0.2, 0.25) is 0 Å². The largest absolute Gasteiger partial charge is 0.467 e. The second-order valence-electron chi connectivity index (χ2n) is 4.74. The van der Waals surface area contributed by atoms with Gasteiger partial charge >= 0.3 is 5.97 Å². The lowest BCUT2D eigenvalue weighted by Gasteiger charge is -2.33. The number of allylic oxidation sites excluding steroid dienone is 1. The first-order valence-electron chi connectivity index (χ1n) is 5.44. The molecule has 5 heteroatoms. The first-order valence-corrected chi connectivity index (χ1v) is 6.66. The fourth-order valence-corrected chi connectivity index (χ4v) is 3.05. The maximum atomic E-state index is 11.6. The third-order valence-electron chi connectivity index (χ3n) is 3.15. The SMILES string of the molecule is C/C=C(\C)C(=O)OCC1(C)OC(=S)SC1(C)C. The quantitative estimate of drug-likeness (QED) is 0.449. The van der Waals surface area contributed by atoms with Gasteiger partial charge in [0.25, 0.3) is 0 Å². The molecule has 0 spiro atoms. The molecule has 96 valence electrons. The maximum absolute atomic E-state index is 11.6. The van der Waals surface area contributed by atoms with Crippen molar-refractivity contribution in [2.75, 3.05) is 6.61 Å². The zero-order valence-electron chi connectivity index (χ0n) is 10.8. The lowest BCUT2D eigenvalue weighted by atomic mass is 9.92. The standard InChI is InChI=1S/C12H18O3S2/c1-6-8(2)9(13)14-7-12(5)11(3,4)17-10(16)15-12/h6H,7H2,1-5H3/b8-6+. The minimum Gasteiger partial charge on any atom is -0.467 e. The van der Waals surface area contributed by atoms with E-state index in [-0.39, 0.29) is 17.3 Å². The fraction of sp³-hybridized carbons (Fsp3) is 0.667. The number of ether oxygens (including phenoxy) is 2. The number of carbonyl (C=O) groups excluding carboxylic acids is 1. The zero-order chi connectivity index (χ0) is 13.3. The van der Waals surface area contributed by atoms with E-state index in [1.807, 2.05) is 20.8 Å². The van der Waals surface area contributed by atoms with Crippen LogP contribution in [-0.4, -0.2) is 27.3 Å². The van der Waals surface area contributed by atoms with Crippen LogP contribution in [0.4, 0.5) is 0 Å². The summed E-state index contributed by atoms with van der Waals surface area (Å²) in [6, 6.07) is 0. The van der Waals surface area contributed by atoms with Gasteiger partial charge in [0.05, 0.1) is 4.75 Å². The minimum atomic E-state index is -0.571. The smallest absolute Gasteiger partial charge is 0.333 e. The number of rotatable bonds is 3. The summed E-state index contributed by atoms with van der Waals surface area (Å²) in [4.78, 5) is 11.6. The molecule has 0 N–H and O–H groups in total. The molecule has 1 saturated heterocycles. The van der Waals surface area contributed by atoms with Gasteiger partial charge in [0.2, 0.25) is 4.38 Å². The van der Waals surface area contributed by atoms with Gasteiger partial charge in [0.15, 0.2) is 5.60 Å². The van der Waals surface area contributed by atoms with E-state index in [9.17, 15) is 4.79 Å². The van der Waals surface area contributed by atoms with E-state index >= 15 is 0 Å². The highest BCUT2D eigenvalue weighted by Gasteiger charge is 2.52. The number of hydrogen-bond acceptors (Lipinski definition) is 5. The van der Waals surface area contributed by atoms with Gasteiger partial charge in [-0.15, -0.1) is 0 Å². The van der Waals surface area contributed by atoms with Crippen LogP contribution < -0.4 is 0 Å². The summed E-state index contributed by atoms with van der Waals surface area (Å²) in [6.45, 7) is 9.72. The van der Waals surface area contributed by atoms with E-state index in [4.69, 9.17) is 21.7 Å². The van der Waals surface area contributed by atoms with Crippen molar-refractivity contribution in [3.63, 3.8) is 0 Å². The third-order valence-corrected chi connectivity index (χ3v) is 4.68. The van der Waals surface area contributed by atoms with Crippen LogP contribution in [0.1, 0.15) is 34.6 Å². The Morgan fingerprint density at radius 1 is 1.53 bits per heavy atom. The van der Waals surface area contributed by atoms with Gasteiger partial charge in [0, 0.05) is 5.57 Å². The Kier molecular flexibility index (Phi) is 4.25. The summed E-state index contributed by atoms with van der Waals surface area (Å²) in [5.74, 6) is -0.309. The molecule has 0 aliphatic carbocycles. The Bertz CT molecular complexity index is 374. The summed E-state index contributed by atoms with van der Waals surface area (Å²) in [5.41, 5.74) is 0.0259. The first kappa shape index (κ1) is 14.5. The van der Waals surface area contributed by atoms with Crippen LogP contribution in [0, 0.1) is 0 Å². The van der Waals surface area contributed by atoms with Crippen molar-refractivity contribution < 1.29 is 14.3 Å². The summed E-state index contributed by atoms with van der Waals surface area (Å²) in [6.07, 6.45) is 1.73. The van der Waals surface area contributed by atoms with Crippen molar-refractivity contribution in [3.8, 4) is 0 Å². The monoisotopic (exact) mass is 274 g/mol. The van der Waals surface area contributed by atoms with E-state index in [0.717, 1.165) is 0 Å². The molecule has 0 aromatic carbocycles. The summed E-state index contributed by atoms with van der Waals surface area (Å²) in [7, 11) is 0. The van der Waals surface area contributed by atoms with Crippen LogP contribution in [0.15, 0.2) is 11.6 Å². The molecule has 0 aromatic rings. The molecule has 1 atom stereocenters. The molecule has 1 aliphatic rings.